The van der Waals surface area contributed by atoms with E-state index >= 15 is 0 Å². The molecule has 0 spiro atoms. The summed E-state index contributed by atoms with van der Waals surface area (Å²) in [5.74, 6) is 0. The summed E-state index contributed by atoms with van der Waals surface area (Å²) in [6.07, 6.45) is 0.510. The Bertz CT molecular complexity index is 105. The van der Waals surface area contributed by atoms with Crippen molar-refractivity contribution < 1.29 is 9.66 Å². The van der Waals surface area contributed by atoms with Crippen LogP contribution in [0.3, 0.4) is 0 Å². The van der Waals surface area contributed by atoms with Crippen LogP contribution in [0.1, 0.15) is 20.3 Å². The Kier molecular flexibility index (Phi) is 4.84. The van der Waals surface area contributed by atoms with Crippen molar-refractivity contribution in [3.05, 3.63) is 10.1 Å². The lowest BCUT2D eigenvalue weighted by Crippen LogP contribution is -2.13. The molecule has 0 aromatic carbocycles. The van der Waals surface area contributed by atoms with Gasteiger partial charge in [0.1, 0.15) is 0 Å². The topological polar surface area (TPSA) is 52.4 Å². The number of hydrogen-bond acceptors (Lipinski definition) is 3. The molecule has 10 heavy (non-hydrogen) atoms. The van der Waals surface area contributed by atoms with E-state index in [9.17, 15) is 10.1 Å². The average Bonchev–Trinajstić information content (AvgIpc) is 1.85. The Balaban J connectivity index is 3.21. The summed E-state index contributed by atoms with van der Waals surface area (Å²) in [7, 11) is 0. The van der Waals surface area contributed by atoms with Crippen molar-refractivity contribution in [1.82, 2.24) is 0 Å². The number of rotatable bonds is 5. The monoisotopic (exact) mass is 147 g/mol. The summed E-state index contributed by atoms with van der Waals surface area (Å²) in [5, 5.41) is 9.86. The maximum Gasteiger partial charge on any atom is 0.206 e. The van der Waals surface area contributed by atoms with Crippen molar-refractivity contribution in [3.63, 3.8) is 0 Å². The molecule has 0 saturated heterocycles. The number of hydrogen-bond donors (Lipinski definition) is 0. The first kappa shape index (κ1) is 9.36. The summed E-state index contributed by atoms with van der Waals surface area (Å²) < 4.78 is 5.09. The van der Waals surface area contributed by atoms with Crippen LogP contribution in [0.5, 0.6) is 0 Å². The zero-order valence-corrected chi connectivity index (χ0v) is 6.37. The van der Waals surface area contributed by atoms with Crippen LogP contribution in [0, 0.1) is 10.1 Å². The maximum atomic E-state index is 9.86. The summed E-state index contributed by atoms with van der Waals surface area (Å²) in [4.78, 5) is 9.53. The van der Waals surface area contributed by atoms with Gasteiger partial charge in [-0.15, -0.1) is 0 Å². The van der Waals surface area contributed by atoms with Gasteiger partial charge in [-0.2, -0.15) is 0 Å². The molecular weight excluding hydrogens is 134 g/mol. The first-order valence-electron chi connectivity index (χ1n) is 3.40. The molecule has 0 N–H and O–H groups in total. The Morgan fingerprint density at radius 2 is 2.30 bits per heavy atom. The van der Waals surface area contributed by atoms with E-state index in [2.05, 4.69) is 0 Å². The zero-order chi connectivity index (χ0) is 7.98. The molecule has 0 amide bonds. The summed E-state index contributed by atoms with van der Waals surface area (Å²) >= 11 is 0. The highest BCUT2D eigenvalue weighted by Gasteiger charge is 2.04. The van der Waals surface area contributed by atoms with Crippen molar-refractivity contribution in [3.8, 4) is 0 Å². The van der Waals surface area contributed by atoms with Gasteiger partial charge < -0.3 is 4.74 Å². The standard InChI is InChI=1S/C6H13NO3/c1-3-10-6(2)4-5-7(8)9/h6H,3-5H2,1-2H3. The molecule has 0 fully saturated rings. The molecule has 60 valence electrons. The molecule has 1 atom stereocenters. The van der Waals surface area contributed by atoms with Gasteiger partial charge in [0.2, 0.25) is 6.54 Å². The molecule has 0 aliphatic rings. The van der Waals surface area contributed by atoms with Gasteiger partial charge in [-0.25, -0.2) is 0 Å². The highest BCUT2D eigenvalue weighted by Crippen LogP contribution is 1.95. The second-order valence-electron chi connectivity index (χ2n) is 2.11. The highest BCUT2D eigenvalue weighted by molar-refractivity contribution is 4.46. The third-order valence-electron chi connectivity index (χ3n) is 1.17. The van der Waals surface area contributed by atoms with Crippen LogP contribution in [-0.2, 0) is 4.74 Å². The number of nitro groups is 1. The first-order valence-corrected chi connectivity index (χ1v) is 3.40. The van der Waals surface area contributed by atoms with E-state index in [1.807, 2.05) is 13.8 Å². The molecule has 0 rings (SSSR count). The van der Waals surface area contributed by atoms with Crippen molar-refractivity contribution in [1.29, 1.82) is 0 Å². The van der Waals surface area contributed by atoms with E-state index in [4.69, 9.17) is 4.74 Å². The fourth-order valence-electron chi connectivity index (χ4n) is 0.655. The minimum absolute atomic E-state index is 0.00116. The maximum absolute atomic E-state index is 9.86. The fraction of sp³-hybridized carbons (Fsp3) is 1.00. The van der Waals surface area contributed by atoms with Gasteiger partial charge in [0.15, 0.2) is 0 Å². The molecule has 0 aromatic rings. The molecule has 0 saturated carbocycles. The van der Waals surface area contributed by atoms with Crippen molar-refractivity contribution in [2.75, 3.05) is 13.2 Å². The Morgan fingerprint density at radius 3 is 2.70 bits per heavy atom. The molecule has 0 aromatic heterocycles. The molecular formula is C6H13NO3. The lowest BCUT2D eigenvalue weighted by molar-refractivity contribution is -0.482. The Labute approximate surface area is 60.3 Å². The lowest BCUT2D eigenvalue weighted by atomic mass is 10.3. The second-order valence-corrected chi connectivity index (χ2v) is 2.11. The summed E-state index contributed by atoms with van der Waals surface area (Å²) in [5.41, 5.74) is 0. The summed E-state index contributed by atoms with van der Waals surface area (Å²) in [6.45, 7) is 4.34. The third-order valence-corrected chi connectivity index (χ3v) is 1.17. The summed E-state index contributed by atoms with van der Waals surface area (Å²) in [6, 6.07) is 0. The molecule has 0 aliphatic carbocycles. The fourth-order valence-corrected chi connectivity index (χ4v) is 0.655. The van der Waals surface area contributed by atoms with Crippen molar-refractivity contribution in [2.24, 2.45) is 0 Å². The molecule has 0 aliphatic heterocycles. The Hall–Kier alpha value is -0.640. The van der Waals surface area contributed by atoms with E-state index in [1.54, 1.807) is 0 Å². The van der Waals surface area contributed by atoms with Gasteiger partial charge in [-0.05, 0) is 13.8 Å². The zero-order valence-electron chi connectivity index (χ0n) is 6.37. The number of ether oxygens (including phenoxy) is 1. The predicted octanol–water partition coefficient (Wildman–Crippen LogP) is 1.08. The quantitative estimate of drug-likeness (QED) is 0.432. The van der Waals surface area contributed by atoms with Crippen LogP contribution < -0.4 is 0 Å². The largest absolute Gasteiger partial charge is 0.379 e. The predicted molar refractivity (Wildman–Crippen MR) is 37.6 cm³/mol. The van der Waals surface area contributed by atoms with E-state index < -0.39 is 0 Å². The van der Waals surface area contributed by atoms with Crippen LogP contribution in [-0.4, -0.2) is 24.2 Å². The normalized spacial score (nSPS) is 13.0. The second kappa shape index (κ2) is 5.17. The highest BCUT2D eigenvalue weighted by atomic mass is 16.6. The molecule has 0 bridgehead atoms. The van der Waals surface area contributed by atoms with E-state index in [1.165, 1.54) is 0 Å². The van der Waals surface area contributed by atoms with Gasteiger partial charge in [0, 0.05) is 18.0 Å². The SMILES string of the molecule is CCOC(C)CC[N+](=O)[O-]. The third kappa shape index (κ3) is 5.50. The van der Waals surface area contributed by atoms with E-state index in [0.29, 0.717) is 13.0 Å². The van der Waals surface area contributed by atoms with Gasteiger partial charge in [-0.3, -0.25) is 10.1 Å². The van der Waals surface area contributed by atoms with Crippen LogP contribution in [0.15, 0.2) is 0 Å². The van der Waals surface area contributed by atoms with Gasteiger partial charge >= 0.3 is 0 Å². The molecule has 0 heterocycles. The van der Waals surface area contributed by atoms with Crippen molar-refractivity contribution in [2.45, 2.75) is 26.4 Å². The van der Waals surface area contributed by atoms with Crippen LogP contribution in [0.2, 0.25) is 0 Å². The van der Waals surface area contributed by atoms with Gasteiger partial charge in [-0.1, -0.05) is 0 Å². The average molecular weight is 147 g/mol. The Morgan fingerprint density at radius 1 is 1.70 bits per heavy atom. The minimum atomic E-state index is -0.324. The van der Waals surface area contributed by atoms with Gasteiger partial charge in [0.25, 0.3) is 0 Å². The minimum Gasteiger partial charge on any atom is -0.379 e. The first-order chi connectivity index (χ1) is 4.66. The molecule has 0 radical (unpaired) electrons. The van der Waals surface area contributed by atoms with E-state index in [0.717, 1.165) is 0 Å². The lowest BCUT2D eigenvalue weighted by Gasteiger charge is -2.07. The molecule has 1 unspecified atom stereocenters. The molecule has 4 heteroatoms. The van der Waals surface area contributed by atoms with Gasteiger partial charge in [0.05, 0.1) is 6.10 Å². The van der Waals surface area contributed by atoms with Crippen LogP contribution in [0.4, 0.5) is 0 Å². The van der Waals surface area contributed by atoms with E-state index in [-0.39, 0.29) is 17.6 Å². The number of nitrogens with zero attached hydrogens (tertiary/aromatic N) is 1. The smallest absolute Gasteiger partial charge is 0.206 e. The van der Waals surface area contributed by atoms with Crippen molar-refractivity contribution >= 4 is 0 Å². The molecule has 4 nitrogen and oxygen atoms in total. The van der Waals surface area contributed by atoms with Crippen LogP contribution in [0.25, 0.3) is 0 Å². The van der Waals surface area contributed by atoms with Crippen LogP contribution >= 0.6 is 0 Å².